The van der Waals surface area contributed by atoms with Crippen LogP contribution < -0.4 is 16.4 Å². The molecule has 0 spiro atoms. The normalized spacial score (nSPS) is 10.1. The largest absolute Gasteiger partial charge is 0.370 e. The number of hydrogen-bond donors (Lipinski definition) is 3. The molecule has 0 aliphatic carbocycles. The number of para-hydroxylation sites is 1. The van der Waals surface area contributed by atoms with E-state index in [2.05, 4.69) is 10.6 Å². The van der Waals surface area contributed by atoms with Crippen molar-refractivity contribution in [3.63, 3.8) is 0 Å². The Kier molecular flexibility index (Phi) is 7.31. The molecule has 0 atom stereocenters. The average molecular weight is 279 g/mol. The molecule has 1 rings (SSSR count). The van der Waals surface area contributed by atoms with Gasteiger partial charge in [-0.1, -0.05) is 19.1 Å². The van der Waals surface area contributed by atoms with E-state index in [4.69, 9.17) is 10.5 Å². The third-order valence-electron chi connectivity index (χ3n) is 2.48. The van der Waals surface area contributed by atoms with Crippen molar-refractivity contribution in [1.82, 2.24) is 5.32 Å². The van der Waals surface area contributed by atoms with Crippen molar-refractivity contribution in [2.45, 2.75) is 13.3 Å². The summed E-state index contributed by atoms with van der Waals surface area (Å²) in [7, 11) is 0. The summed E-state index contributed by atoms with van der Waals surface area (Å²) >= 11 is 0. The van der Waals surface area contributed by atoms with Gasteiger partial charge in [0.15, 0.2) is 0 Å². The third kappa shape index (κ3) is 5.38. The van der Waals surface area contributed by atoms with Gasteiger partial charge in [0.1, 0.15) is 6.61 Å². The van der Waals surface area contributed by atoms with Crippen molar-refractivity contribution in [2.75, 3.05) is 31.6 Å². The van der Waals surface area contributed by atoms with Gasteiger partial charge in [0.2, 0.25) is 5.91 Å². The van der Waals surface area contributed by atoms with Crippen LogP contribution in [0.2, 0.25) is 0 Å². The van der Waals surface area contributed by atoms with Crippen LogP contribution >= 0.6 is 0 Å². The van der Waals surface area contributed by atoms with Crippen LogP contribution in [0.25, 0.3) is 0 Å². The number of carbonyl (C=O) groups excluding carboxylic acids is 2. The van der Waals surface area contributed by atoms with Crippen LogP contribution in [-0.2, 0) is 9.53 Å². The van der Waals surface area contributed by atoms with Gasteiger partial charge < -0.3 is 21.1 Å². The molecule has 1 aromatic carbocycles. The van der Waals surface area contributed by atoms with Gasteiger partial charge in [-0.05, 0) is 18.6 Å². The molecule has 0 aliphatic heterocycles. The lowest BCUT2D eigenvalue weighted by Gasteiger charge is -2.11. The van der Waals surface area contributed by atoms with Crippen LogP contribution in [0.1, 0.15) is 23.7 Å². The fourth-order valence-electron chi connectivity index (χ4n) is 1.56. The maximum Gasteiger partial charge on any atom is 0.253 e. The van der Waals surface area contributed by atoms with E-state index in [0.29, 0.717) is 30.9 Å². The second-order valence-corrected chi connectivity index (χ2v) is 4.19. The molecule has 6 nitrogen and oxygen atoms in total. The van der Waals surface area contributed by atoms with E-state index >= 15 is 0 Å². The number of nitrogens with two attached hydrogens (primary N) is 1. The smallest absolute Gasteiger partial charge is 0.253 e. The standard InChI is InChI=1S/C14H21N3O3/c1-2-8-16-14(19)11-5-3-4-6-12(11)17-13(18)10-20-9-7-15/h3-6H,2,7-10,15H2,1H3,(H,16,19)(H,17,18). The summed E-state index contributed by atoms with van der Waals surface area (Å²) in [6, 6.07) is 6.86. The van der Waals surface area contributed by atoms with Gasteiger partial charge in [-0.25, -0.2) is 0 Å². The van der Waals surface area contributed by atoms with E-state index in [9.17, 15) is 9.59 Å². The Hall–Kier alpha value is -1.92. The van der Waals surface area contributed by atoms with E-state index in [1.165, 1.54) is 0 Å². The fraction of sp³-hybridized carbons (Fsp3) is 0.429. The van der Waals surface area contributed by atoms with Crippen LogP contribution in [0.15, 0.2) is 24.3 Å². The average Bonchev–Trinajstić information content (AvgIpc) is 2.45. The van der Waals surface area contributed by atoms with E-state index in [-0.39, 0.29) is 18.4 Å². The quantitative estimate of drug-likeness (QED) is 0.612. The van der Waals surface area contributed by atoms with Crippen molar-refractivity contribution < 1.29 is 14.3 Å². The number of amides is 2. The second kappa shape index (κ2) is 9.06. The summed E-state index contributed by atoms with van der Waals surface area (Å²) < 4.78 is 5.04. The summed E-state index contributed by atoms with van der Waals surface area (Å²) in [6.07, 6.45) is 0.854. The van der Waals surface area contributed by atoms with Crippen molar-refractivity contribution in [3.8, 4) is 0 Å². The molecule has 1 aromatic rings. The van der Waals surface area contributed by atoms with Crippen molar-refractivity contribution in [3.05, 3.63) is 29.8 Å². The fourth-order valence-corrected chi connectivity index (χ4v) is 1.56. The third-order valence-corrected chi connectivity index (χ3v) is 2.48. The summed E-state index contributed by atoms with van der Waals surface area (Å²) in [5.74, 6) is -0.514. The minimum atomic E-state index is -0.311. The number of hydrogen-bond acceptors (Lipinski definition) is 4. The molecule has 0 bridgehead atoms. The highest BCUT2D eigenvalue weighted by Gasteiger charge is 2.12. The molecule has 20 heavy (non-hydrogen) atoms. The van der Waals surface area contributed by atoms with E-state index in [1.54, 1.807) is 24.3 Å². The van der Waals surface area contributed by atoms with Crippen molar-refractivity contribution in [2.24, 2.45) is 5.73 Å². The Morgan fingerprint density at radius 1 is 1.30 bits per heavy atom. The maximum atomic E-state index is 12.0. The molecule has 0 fully saturated rings. The number of nitrogens with one attached hydrogen (secondary N) is 2. The predicted octanol–water partition coefficient (Wildman–Crippen LogP) is 0.740. The van der Waals surface area contributed by atoms with E-state index < -0.39 is 0 Å². The molecular formula is C14H21N3O3. The first-order valence-corrected chi connectivity index (χ1v) is 6.64. The van der Waals surface area contributed by atoms with Crippen LogP contribution in [0.5, 0.6) is 0 Å². The first kappa shape index (κ1) is 16.1. The number of carbonyl (C=O) groups is 2. The van der Waals surface area contributed by atoms with Gasteiger partial charge in [-0.3, -0.25) is 9.59 Å². The molecule has 0 heterocycles. The van der Waals surface area contributed by atoms with Crippen LogP contribution in [0.4, 0.5) is 5.69 Å². The molecule has 2 amide bonds. The van der Waals surface area contributed by atoms with Gasteiger partial charge in [-0.15, -0.1) is 0 Å². The van der Waals surface area contributed by atoms with E-state index in [0.717, 1.165) is 6.42 Å². The van der Waals surface area contributed by atoms with Gasteiger partial charge in [0, 0.05) is 13.1 Å². The lowest BCUT2D eigenvalue weighted by atomic mass is 10.1. The summed E-state index contributed by atoms with van der Waals surface area (Å²) in [5.41, 5.74) is 6.18. The molecule has 0 saturated heterocycles. The minimum Gasteiger partial charge on any atom is -0.370 e. The predicted molar refractivity (Wildman–Crippen MR) is 77.6 cm³/mol. The summed E-state index contributed by atoms with van der Waals surface area (Å²) in [5, 5.41) is 5.44. The Balaban J connectivity index is 2.65. The van der Waals surface area contributed by atoms with Gasteiger partial charge in [0.25, 0.3) is 5.91 Å². The Bertz CT molecular complexity index is 449. The molecular weight excluding hydrogens is 258 g/mol. The van der Waals surface area contributed by atoms with Gasteiger partial charge >= 0.3 is 0 Å². The number of rotatable bonds is 8. The van der Waals surface area contributed by atoms with Crippen LogP contribution in [0, 0.1) is 0 Å². The lowest BCUT2D eigenvalue weighted by molar-refractivity contribution is -0.120. The zero-order valence-corrected chi connectivity index (χ0v) is 11.6. The van der Waals surface area contributed by atoms with Crippen LogP contribution in [-0.4, -0.2) is 38.1 Å². The van der Waals surface area contributed by atoms with Gasteiger partial charge in [-0.2, -0.15) is 0 Å². The molecule has 4 N–H and O–H groups in total. The maximum absolute atomic E-state index is 12.0. The lowest BCUT2D eigenvalue weighted by Crippen LogP contribution is -2.27. The monoisotopic (exact) mass is 279 g/mol. The summed E-state index contributed by atoms with van der Waals surface area (Å²) in [6.45, 7) is 3.18. The molecule has 0 radical (unpaired) electrons. The molecule has 0 unspecified atom stereocenters. The first-order chi connectivity index (χ1) is 9.69. The number of anilines is 1. The van der Waals surface area contributed by atoms with E-state index in [1.807, 2.05) is 6.92 Å². The van der Waals surface area contributed by atoms with Crippen molar-refractivity contribution in [1.29, 1.82) is 0 Å². The number of ether oxygens (including phenoxy) is 1. The van der Waals surface area contributed by atoms with Crippen molar-refractivity contribution >= 4 is 17.5 Å². The Morgan fingerprint density at radius 3 is 2.75 bits per heavy atom. The topological polar surface area (TPSA) is 93.5 Å². The van der Waals surface area contributed by atoms with Crippen LogP contribution in [0.3, 0.4) is 0 Å². The number of benzene rings is 1. The molecule has 0 aromatic heterocycles. The minimum absolute atomic E-state index is 0.0812. The second-order valence-electron chi connectivity index (χ2n) is 4.19. The molecule has 6 heteroatoms. The molecule has 110 valence electrons. The SMILES string of the molecule is CCCNC(=O)c1ccccc1NC(=O)COCCN. The Labute approximate surface area is 118 Å². The zero-order valence-electron chi connectivity index (χ0n) is 11.6. The highest BCUT2D eigenvalue weighted by Crippen LogP contribution is 2.14. The first-order valence-electron chi connectivity index (χ1n) is 6.64. The Morgan fingerprint density at radius 2 is 2.05 bits per heavy atom. The highest BCUT2D eigenvalue weighted by molar-refractivity contribution is 6.03. The summed E-state index contributed by atoms with van der Waals surface area (Å²) in [4.78, 5) is 23.6. The molecule has 0 aliphatic rings. The highest BCUT2D eigenvalue weighted by atomic mass is 16.5. The zero-order chi connectivity index (χ0) is 14.8. The van der Waals surface area contributed by atoms with Gasteiger partial charge in [0.05, 0.1) is 17.9 Å². The molecule has 0 saturated carbocycles.